The van der Waals surface area contributed by atoms with Crippen molar-refractivity contribution in [2.24, 2.45) is 0 Å². The lowest BCUT2D eigenvalue weighted by atomic mass is 10.1. The van der Waals surface area contributed by atoms with Crippen LogP contribution < -0.4 is 9.46 Å². The van der Waals surface area contributed by atoms with Crippen LogP contribution in [0, 0.1) is 20.8 Å². The Bertz CT molecular complexity index is 775. The van der Waals surface area contributed by atoms with Crippen LogP contribution in [-0.2, 0) is 16.4 Å². The van der Waals surface area contributed by atoms with E-state index in [0.717, 1.165) is 28.0 Å². The summed E-state index contributed by atoms with van der Waals surface area (Å²) in [6, 6.07) is 11.4. The molecule has 2 aromatic rings. The molecule has 0 amide bonds. The van der Waals surface area contributed by atoms with Crippen molar-refractivity contribution in [2.45, 2.75) is 32.1 Å². The number of aryl methyl sites for hydroxylation is 3. The average molecular weight is 333 g/mol. The van der Waals surface area contributed by atoms with E-state index >= 15 is 0 Å². The third-order valence-electron chi connectivity index (χ3n) is 3.75. The molecule has 0 heterocycles. The van der Waals surface area contributed by atoms with Crippen LogP contribution in [-0.4, -0.2) is 22.1 Å². The van der Waals surface area contributed by atoms with Crippen LogP contribution in [0.4, 0.5) is 0 Å². The number of ether oxygens (including phenoxy) is 1. The van der Waals surface area contributed by atoms with Gasteiger partial charge in [0.1, 0.15) is 5.75 Å². The molecule has 0 spiro atoms. The average Bonchev–Trinajstić information content (AvgIpc) is 2.46. The summed E-state index contributed by atoms with van der Waals surface area (Å²) >= 11 is 0. The predicted molar refractivity (Wildman–Crippen MR) is 92.5 cm³/mol. The predicted octanol–water partition coefficient (Wildman–Crippen LogP) is 3.14. The Morgan fingerprint density at radius 1 is 1.04 bits per heavy atom. The van der Waals surface area contributed by atoms with Gasteiger partial charge in [0.05, 0.1) is 12.0 Å². The summed E-state index contributed by atoms with van der Waals surface area (Å²) in [6.07, 6.45) is 0.577. The minimum atomic E-state index is -3.52. The van der Waals surface area contributed by atoms with Crippen molar-refractivity contribution in [3.8, 4) is 5.75 Å². The minimum Gasteiger partial charge on any atom is -0.496 e. The lowest BCUT2D eigenvalue weighted by Crippen LogP contribution is -2.27. The molecule has 0 aliphatic carbocycles. The van der Waals surface area contributed by atoms with Gasteiger partial charge in [-0.2, -0.15) is 0 Å². The van der Waals surface area contributed by atoms with Gasteiger partial charge < -0.3 is 4.74 Å². The maximum Gasteiger partial charge on any atom is 0.241 e. The second-order valence-corrected chi connectivity index (χ2v) is 7.39. The highest BCUT2D eigenvalue weighted by molar-refractivity contribution is 7.89. The number of hydrogen-bond donors (Lipinski definition) is 1. The van der Waals surface area contributed by atoms with E-state index in [4.69, 9.17) is 4.74 Å². The van der Waals surface area contributed by atoms with Crippen LogP contribution >= 0.6 is 0 Å². The van der Waals surface area contributed by atoms with E-state index < -0.39 is 10.0 Å². The summed E-state index contributed by atoms with van der Waals surface area (Å²) in [6.45, 7) is 5.95. The van der Waals surface area contributed by atoms with Crippen molar-refractivity contribution in [1.29, 1.82) is 0 Å². The normalized spacial score (nSPS) is 11.5. The number of sulfonamides is 1. The van der Waals surface area contributed by atoms with E-state index in [1.165, 1.54) is 0 Å². The molecule has 0 unspecified atom stereocenters. The van der Waals surface area contributed by atoms with E-state index in [2.05, 4.69) is 4.72 Å². The topological polar surface area (TPSA) is 55.4 Å². The van der Waals surface area contributed by atoms with Gasteiger partial charge in [0.15, 0.2) is 0 Å². The van der Waals surface area contributed by atoms with Crippen molar-refractivity contribution in [3.05, 3.63) is 58.7 Å². The third kappa shape index (κ3) is 4.12. The summed E-state index contributed by atoms with van der Waals surface area (Å²) in [5.74, 6) is 0.773. The van der Waals surface area contributed by atoms with E-state index in [1.54, 1.807) is 7.11 Å². The Morgan fingerprint density at radius 2 is 1.65 bits per heavy atom. The number of hydrogen-bond acceptors (Lipinski definition) is 3. The lowest BCUT2D eigenvalue weighted by molar-refractivity contribution is 0.409. The smallest absolute Gasteiger partial charge is 0.241 e. The SMILES string of the molecule is COc1ccccc1CCNS(=O)(=O)c1c(C)cc(C)cc1C. The highest BCUT2D eigenvalue weighted by Crippen LogP contribution is 2.22. The van der Waals surface area contributed by atoms with Gasteiger partial charge in [-0.3, -0.25) is 0 Å². The Kier molecular flexibility index (Phi) is 5.44. The van der Waals surface area contributed by atoms with Gasteiger partial charge in [-0.15, -0.1) is 0 Å². The second kappa shape index (κ2) is 7.15. The van der Waals surface area contributed by atoms with Gasteiger partial charge in [-0.25, -0.2) is 13.1 Å². The molecule has 0 aliphatic rings. The largest absolute Gasteiger partial charge is 0.496 e. The molecule has 0 radical (unpaired) electrons. The van der Waals surface area contributed by atoms with Crippen LogP contribution in [0.5, 0.6) is 5.75 Å². The van der Waals surface area contributed by atoms with Gasteiger partial charge in [0.2, 0.25) is 10.0 Å². The minimum absolute atomic E-state index is 0.329. The van der Waals surface area contributed by atoms with E-state index in [9.17, 15) is 8.42 Å². The molecule has 0 atom stereocenters. The van der Waals surface area contributed by atoms with Crippen LogP contribution in [0.3, 0.4) is 0 Å². The first-order valence-corrected chi connectivity index (χ1v) is 9.03. The van der Waals surface area contributed by atoms with Crippen molar-refractivity contribution in [2.75, 3.05) is 13.7 Å². The summed E-state index contributed by atoms with van der Waals surface area (Å²) in [5.41, 5.74) is 3.59. The quantitative estimate of drug-likeness (QED) is 0.883. The molecule has 0 aromatic heterocycles. The molecule has 124 valence electrons. The number of nitrogens with one attached hydrogen (secondary N) is 1. The number of rotatable bonds is 6. The van der Waals surface area contributed by atoms with Crippen LogP contribution in [0.2, 0.25) is 0 Å². The molecule has 0 aliphatic heterocycles. The van der Waals surface area contributed by atoms with Crippen LogP contribution in [0.25, 0.3) is 0 Å². The maximum atomic E-state index is 12.6. The molecular weight excluding hydrogens is 310 g/mol. The molecule has 0 saturated carbocycles. The Morgan fingerprint density at radius 3 is 2.26 bits per heavy atom. The van der Waals surface area contributed by atoms with Crippen molar-refractivity contribution in [3.63, 3.8) is 0 Å². The second-order valence-electron chi connectivity index (χ2n) is 5.69. The number of para-hydroxylation sites is 1. The van der Waals surface area contributed by atoms with Crippen molar-refractivity contribution in [1.82, 2.24) is 4.72 Å². The highest BCUT2D eigenvalue weighted by Gasteiger charge is 2.19. The van der Waals surface area contributed by atoms with Gasteiger partial charge in [0.25, 0.3) is 0 Å². The van der Waals surface area contributed by atoms with Gasteiger partial charge >= 0.3 is 0 Å². The fraction of sp³-hybridized carbons (Fsp3) is 0.333. The fourth-order valence-corrected chi connectivity index (χ4v) is 4.37. The summed E-state index contributed by atoms with van der Waals surface area (Å²) in [5, 5.41) is 0. The molecule has 5 heteroatoms. The van der Waals surface area contributed by atoms with Crippen LogP contribution in [0.1, 0.15) is 22.3 Å². The standard InChI is InChI=1S/C18H23NO3S/c1-13-11-14(2)18(15(3)12-13)23(20,21)19-10-9-16-7-5-6-8-17(16)22-4/h5-8,11-12,19H,9-10H2,1-4H3. The summed E-state index contributed by atoms with van der Waals surface area (Å²) in [7, 11) is -1.91. The Balaban J connectivity index is 2.14. The van der Waals surface area contributed by atoms with Crippen molar-refractivity contribution < 1.29 is 13.2 Å². The van der Waals surface area contributed by atoms with Gasteiger partial charge in [-0.05, 0) is 49.9 Å². The summed E-state index contributed by atoms with van der Waals surface area (Å²) < 4.78 is 33.2. The Labute approximate surface area is 138 Å². The molecule has 23 heavy (non-hydrogen) atoms. The zero-order valence-corrected chi connectivity index (χ0v) is 14.8. The fourth-order valence-electron chi connectivity index (χ4n) is 2.89. The van der Waals surface area contributed by atoms with Gasteiger partial charge in [0, 0.05) is 6.54 Å². The number of methoxy groups -OCH3 is 1. The number of benzene rings is 2. The van der Waals surface area contributed by atoms with Crippen molar-refractivity contribution >= 4 is 10.0 Å². The van der Waals surface area contributed by atoms with E-state index in [-0.39, 0.29) is 0 Å². The highest BCUT2D eigenvalue weighted by atomic mass is 32.2. The molecule has 1 N–H and O–H groups in total. The lowest BCUT2D eigenvalue weighted by Gasteiger charge is -2.14. The Hall–Kier alpha value is -1.85. The zero-order valence-electron chi connectivity index (χ0n) is 14.0. The first kappa shape index (κ1) is 17.5. The van der Waals surface area contributed by atoms with E-state index in [0.29, 0.717) is 17.9 Å². The molecule has 0 fully saturated rings. The van der Waals surface area contributed by atoms with E-state index in [1.807, 2.05) is 57.2 Å². The molecular formula is C18H23NO3S. The molecule has 4 nitrogen and oxygen atoms in total. The first-order chi connectivity index (χ1) is 10.8. The summed E-state index contributed by atoms with van der Waals surface area (Å²) in [4.78, 5) is 0.378. The molecule has 2 aromatic carbocycles. The zero-order chi connectivity index (χ0) is 17.0. The monoisotopic (exact) mass is 333 g/mol. The first-order valence-electron chi connectivity index (χ1n) is 7.54. The van der Waals surface area contributed by atoms with Crippen LogP contribution in [0.15, 0.2) is 41.3 Å². The maximum absolute atomic E-state index is 12.6. The van der Waals surface area contributed by atoms with Gasteiger partial charge in [-0.1, -0.05) is 35.9 Å². The molecule has 0 bridgehead atoms. The third-order valence-corrected chi connectivity index (χ3v) is 5.52. The molecule has 2 rings (SSSR count). The molecule has 0 saturated heterocycles.